The summed E-state index contributed by atoms with van der Waals surface area (Å²) < 4.78 is 47.8. The van der Waals surface area contributed by atoms with Crippen LogP contribution in [0.2, 0.25) is 0 Å². The maximum absolute atomic E-state index is 13.4. The van der Waals surface area contributed by atoms with Crippen molar-refractivity contribution in [3.8, 4) is 22.8 Å². The van der Waals surface area contributed by atoms with Crippen LogP contribution >= 0.6 is 0 Å². The van der Waals surface area contributed by atoms with Crippen LogP contribution in [0, 0.1) is 6.92 Å². The van der Waals surface area contributed by atoms with Crippen molar-refractivity contribution in [1.82, 2.24) is 20.3 Å². The number of carbonyl (C=O) groups excluding carboxylic acids is 3. The van der Waals surface area contributed by atoms with Gasteiger partial charge in [0.15, 0.2) is 0 Å². The maximum atomic E-state index is 13.4. The van der Waals surface area contributed by atoms with Gasteiger partial charge in [0, 0.05) is 35.0 Å². The van der Waals surface area contributed by atoms with Gasteiger partial charge in [-0.05, 0) is 55.7 Å². The molecule has 0 bridgehead atoms. The van der Waals surface area contributed by atoms with Crippen molar-refractivity contribution in [2.75, 3.05) is 7.11 Å². The lowest BCUT2D eigenvalue weighted by Crippen LogP contribution is -2.30. The number of alkyl halides is 3. The highest BCUT2D eigenvalue weighted by atomic mass is 19.4. The molecule has 3 N–H and O–H groups in total. The number of nitrogens with one attached hydrogen (secondary N) is 3. The first kappa shape index (κ1) is 32.3. The molecule has 12 heteroatoms. The van der Waals surface area contributed by atoms with Gasteiger partial charge in [0.1, 0.15) is 23.1 Å². The molecule has 0 spiro atoms. The number of amides is 1. The van der Waals surface area contributed by atoms with E-state index in [1.807, 2.05) is 32.0 Å². The summed E-state index contributed by atoms with van der Waals surface area (Å²) in [5.41, 5.74) is 3.52. The summed E-state index contributed by atoms with van der Waals surface area (Å²) in [5, 5.41) is 3.97. The fourth-order valence-electron chi connectivity index (χ4n) is 4.98. The molecule has 44 heavy (non-hydrogen) atoms. The van der Waals surface area contributed by atoms with Crippen molar-refractivity contribution in [3.05, 3.63) is 65.7 Å². The van der Waals surface area contributed by atoms with E-state index in [1.165, 1.54) is 24.4 Å². The first-order chi connectivity index (χ1) is 21.0. The van der Waals surface area contributed by atoms with Gasteiger partial charge >= 0.3 is 12.1 Å². The Labute approximate surface area is 252 Å². The summed E-state index contributed by atoms with van der Waals surface area (Å²) in [6.07, 6.45) is 0.323. The van der Waals surface area contributed by atoms with E-state index in [0.29, 0.717) is 42.1 Å². The van der Waals surface area contributed by atoms with Crippen molar-refractivity contribution < 1.29 is 37.0 Å². The van der Waals surface area contributed by atoms with Crippen LogP contribution < -0.4 is 14.8 Å². The molecule has 1 atom stereocenters. The minimum absolute atomic E-state index is 0.112. The number of fused-ring (bicyclic) bond motifs is 1. The Morgan fingerprint density at radius 1 is 1.02 bits per heavy atom. The van der Waals surface area contributed by atoms with Crippen molar-refractivity contribution in [2.45, 2.75) is 71.0 Å². The Kier molecular flexibility index (Phi) is 10.5. The molecule has 0 aliphatic carbocycles. The van der Waals surface area contributed by atoms with Crippen molar-refractivity contribution >= 4 is 28.6 Å². The number of hydrogen-bond acceptors (Lipinski definition) is 6. The number of benzene rings is 2. The number of aromatic amines is 2. The third kappa shape index (κ3) is 8.27. The molecule has 1 amide bonds. The maximum Gasteiger partial charge on any atom is 0.491 e. The van der Waals surface area contributed by atoms with E-state index in [1.54, 1.807) is 13.2 Å². The van der Waals surface area contributed by atoms with Crippen molar-refractivity contribution in [3.63, 3.8) is 0 Å². The summed E-state index contributed by atoms with van der Waals surface area (Å²) in [4.78, 5) is 47.3. The van der Waals surface area contributed by atoms with Gasteiger partial charge in [0.25, 0.3) is 0 Å². The first-order valence-corrected chi connectivity index (χ1v) is 14.4. The Hall–Kier alpha value is -4.61. The average Bonchev–Trinajstić information content (AvgIpc) is 3.60. The number of H-pyrrole nitrogens is 2. The first-order valence-electron chi connectivity index (χ1n) is 14.4. The van der Waals surface area contributed by atoms with Crippen LogP contribution in [0.25, 0.3) is 22.2 Å². The van der Waals surface area contributed by atoms with Crippen molar-refractivity contribution in [2.24, 2.45) is 0 Å². The number of imidazole rings is 1. The largest absolute Gasteiger partial charge is 0.497 e. The van der Waals surface area contributed by atoms with Crippen LogP contribution in [0.4, 0.5) is 13.2 Å². The molecule has 234 valence electrons. The molecule has 0 aliphatic rings. The van der Waals surface area contributed by atoms with Gasteiger partial charge in [-0.15, -0.1) is 0 Å². The number of ether oxygens (including phenoxy) is 2. The molecular weight excluding hydrogens is 577 g/mol. The molecule has 0 saturated carbocycles. The normalized spacial score (nSPS) is 12.2. The number of aromatic nitrogens is 3. The zero-order valence-electron chi connectivity index (χ0n) is 24.8. The van der Waals surface area contributed by atoms with E-state index in [2.05, 4.69) is 25.0 Å². The average molecular weight is 613 g/mol. The van der Waals surface area contributed by atoms with Crippen LogP contribution in [-0.4, -0.2) is 45.9 Å². The van der Waals surface area contributed by atoms with Crippen molar-refractivity contribution in [1.29, 1.82) is 0 Å². The Balaban J connectivity index is 1.52. The number of halogens is 3. The molecule has 0 radical (unpaired) electrons. The standard InChI is InChI=1S/C32H35F3N4O5/c1-4-21(40)10-6-5-7-12-27(38-29(41)17-24-19(2)37-26-14-13-22(43-3)16-25(24)26)30-36-18-28(39-30)20-9-8-11-23(15-20)44-31(42)32(33,34)35/h8-9,11,13-16,18,27,37H,4-7,10,12,17H2,1-3H3,(H,36,39)(H,38,41)/t27-/m0/s1. The number of esters is 1. The van der Waals surface area contributed by atoms with Gasteiger partial charge in [-0.1, -0.05) is 31.9 Å². The number of carbonyl (C=O) groups is 3. The summed E-state index contributed by atoms with van der Waals surface area (Å²) in [5.74, 6) is -1.45. The van der Waals surface area contributed by atoms with Crippen LogP contribution in [-0.2, 0) is 20.8 Å². The second kappa shape index (κ2) is 14.2. The fraction of sp³-hybridized carbons (Fsp3) is 0.375. The molecular formula is C32H35F3N4O5. The number of ketones is 1. The zero-order chi connectivity index (χ0) is 31.9. The number of hydrogen-bond donors (Lipinski definition) is 3. The molecule has 2 aromatic heterocycles. The quantitative estimate of drug-likeness (QED) is 0.0830. The second-order valence-corrected chi connectivity index (χ2v) is 10.5. The van der Waals surface area contributed by atoms with E-state index in [4.69, 9.17) is 4.74 Å². The van der Waals surface area contributed by atoms with Crippen LogP contribution in [0.3, 0.4) is 0 Å². The number of nitrogens with zero attached hydrogens (tertiary/aromatic N) is 1. The minimum atomic E-state index is -5.12. The summed E-state index contributed by atoms with van der Waals surface area (Å²) in [6, 6.07) is 10.8. The molecule has 0 unspecified atom stereocenters. The topological polar surface area (TPSA) is 126 Å². The minimum Gasteiger partial charge on any atom is -0.497 e. The van der Waals surface area contributed by atoms with Crippen LogP contribution in [0.15, 0.2) is 48.7 Å². The molecule has 2 aromatic carbocycles. The van der Waals surface area contributed by atoms with Gasteiger partial charge in [-0.2, -0.15) is 13.2 Å². The SMILES string of the molecule is CCC(=O)CCCCC[C@H](NC(=O)Cc1c(C)[nH]c2ccc(OC)cc12)c1ncc(-c2cccc(OC(=O)C(F)(F)F)c2)[nH]1. The highest BCUT2D eigenvalue weighted by Gasteiger charge is 2.41. The highest BCUT2D eigenvalue weighted by Crippen LogP contribution is 2.29. The molecule has 0 aliphatic heterocycles. The second-order valence-electron chi connectivity index (χ2n) is 10.5. The molecule has 4 rings (SSSR count). The Bertz CT molecular complexity index is 1630. The molecule has 2 heterocycles. The lowest BCUT2D eigenvalue weighted by Gasteiger charge is -2.17. The van der Waals surface area contributed by atoms with Crippen LogP contribution in [0.1, 0.15) is 68.6 Å². The summed E-state index contributed by atoms with van der Waals surface area (Å²) >= 11 is 0. The molecule has 0 saturated heterocycles. The predicted octanol–water partition coefficient (Wildman–Crippen LogP) is 6.67. The lowest BCUT2D eigenvalue weighted by molar-refractivity contribution is -0.189. The zero-order valence-corrected chi connectivity index (χ0v) is 24.8. The predicted molar refractivity (Wildman–Crippen MR) is 158 cm³/mol. The lowest BCUT2D eigenvalue weighted by atomic mass is 10.0. The molecule has 9 nitrogen and oxygen atoms in total. The van der Waals surface area contributed by atoms with E-state index < -0.39 is 18.2 Å². The fourth-order valence-corrected chi connectivity index (χ4v) is 4.98. The van der Waals surface area contributed by atoms with Gasteiger partial charge in [-0.3, -0.25) is 9.59 Å². The van der Waals surface area contributed by atoms with Gasteiger partial charge < -0.3 is 24.8 Å². The number of aryl methyl sites for hydroxylation is 1. The third-order valence-corrected chi connectivity index (χ3v) is 7.35. The summed E-state index contributed by atoms with van der Waals surface area (Å²) in [7, 11) is 1.58. The highest BCUT2D eigenvalue weighted by molar-refractivity contribution is 5.91. The molecule has 0 fully saturated rings. The van der Waals surface area contributed by atoms with Gasteiger partial charge in [-0.25, -0.2) is 9.78 Å². The van der Waals surface area contributed by atoms with E-state index in [9.17, 15) is 27.6 Å². The Morgan fingerprint density at radius 2 is 1.82 bits per heavy atom. The van der Waals surface area contributed by atoms with Gasteiger partial charge in [0.2, 0.25) is 5.91 Å². The van der Waals surface area contributed by atoms with Crippen LogP contribution in [0.5, 0.6) is 11.5 Å². The number of methoxy groups -OCH3 is 1. The smallest absolute Gasteiger partial charge is 0.491 e. The summed E-state index contributed by atoms with van der Waals surface area (Å²) in [6.45, 7) is 3.74. The number of Topliss-reactive ketones (excluding diaryl/α,β-unsaturated/α-hetero) is 1. The number of rotatable bonds is 14. The Morgan fingerprint density at radius 3 is 2.55 bits per heavy atom. The van der Waals surface area contributed by atoms with Gasteiger partial charge in [0.05, 0.1) is 31.5 Å². The monoisotopic (exact) mass is 612 g/mol. The van der Waals surface area contributed by atoms with E-state index >= 15 is 0 Å². The van der Waals surface area contributed by atoms with E-state index in [0.717, 1.165) is 41.4 Å². The number of unbranched alkanes of at least 4 members (excludes halogenated alkanes) is 2. The molecule has 4 aromatic rings. The third-order valence-electron chi connectivity index (χ3n) is 7.35. The van der Waals surface area contributed by atoms with E-state index in [-0.39, 0.29) is 23.9 Å².